The van der Waals surface area contributed by atoms with Crippen molar-refractivity contribution in [3.8, 4) is 0 Å². The van der Waals surface area contributed by atoms with Crippen LogP contribution in [0.5, 0.6) is 0 Å². The molecule has 0 radical (unpaired) electrons. The van der Waals surface area contributed by atoms with E-state index in [4.69, 9.17) is 0 Å². The number of Topliss-reactive ketones (excluding diaryl/α,β-unsaturated/α-hetero) is 1. The predicted molar refractivity (Wildman–Crippen MR) is 98.2 cm³/mol. The van der Waals surface area contributed by atoms with Crippen molar-refractivity contribution in [2.24, 2.45) is 0 Å². The standard InChI is InChI=1S/C18H18BrNO3S/c1-12-4-10-17(11-5-12)24(22,23)20-18(13(2)14(3)21)15-6-8-16(19)9-7-15/h4-11,18,20H,2H2,1,3H3/t18-/m1/s1. The number of benzene rings is 2. The molecular formula is C18H18BrNO3S. The average molecular weight is 408 g/mol. The molecule has 6 heteroatoms. The molecule has 2 rings (SSSR count). The normalized spacial score (nSPS) is 12.6. The molecule has 0 saturated heterocycles. The minimum atomic E-state index is -3.79. The molecule has 24 heavy (non-hydrogen) atoms. The Balaban J connectivity index is 2.41. The van der Waals surface area contributed by atoms with Crippen molar-refractivity contribution in [1.29, 1.82) is 0 Å². The van der Waals surface area contributed by atoms with Crippen LogP contribution in [0, 0.1) is 6.92 Å². The van der Waals surface area contributed by atoms with Crippen molar-refractivity contribution in [3.05, 3.63) is 76.3 Å². The number of sulfonamides is 1. The average Bonchev–Trinajstić information content (AvgIpc) is 2.53. The highest BCUT2D eigenvalue weighted by atomic mass is 79.9. The Hall–Kier alpha value is -1.76. The second kappa shape index (κ2) is 7.42. The molecule has 126 valence electrons. The number of rotatable bonds is 6. The number of ketones is 1. The van der Waals surface area contributed by atoms with Gasteiger partial charge in [0.05, 0.1) is 10.9 Å². The van der Waals surface area contributed by atoms with Gasteiger partial charge in [-0.15, -0.1) is 0 Å². The number of carbonyl (C=O) groups is 1. The number of halogens is 1. The van der Waals surface area contributed by atoms with E-state index < -0.39 is 16.1 Å². The van der Waals surface area contributed by atoms with E-state index in [1.165, 1.54) is 19.1 Å². The molecule has 0 saturated carbocycles. The highest BCUT2D eigenvalue weighted by Gasteiger charge is 2.25. The van der Waals surface area contributed by atoms with Gasteiger partial charge >= 0.3 is 0 Å². The molecule has 2 aromatic carbocycles. The molecule has 0 aromatic heterocycles. The number of aryl methyl sites for hydroxylation is 1. The fourth-order valence-electron chi connectivity index (χ4n) is 2.14. The summed E-state index contributed by atoms with van der Waals surface area (Å²) < 4.78 is 28.7. The molecule has 0 aliphatic carbocycles. The molecule has 0 spiro atoms. The van der Waals surface area contributed by atoms with Gasteiger partial charge in [0.2, 0.25) is 10.0 Å². The lowest BCUT2D eigenvalue weighted by molar-refractivity contribution is -0.113. The van der Waals surface area contributed by atoms with Crippen LogP contribution >= 0.6 is 15.9 Å². The minimum absolute atomic E-state index is 0.145. The molecule has 0 aliphatic heterocycles. The zero-order valence-electron chi connectivity index (χ0n) is 13.4. The van der Waals surface area contributed by atoms with Crippen molar-refractivity contribution < 1.29 is 13.2 Å². The SMILES string of the molecule is C=C(C(C)=O)[C@@H](NS(=O)(=O)c1ccc(C)cc1)c1ccc(Br)cc1. The molecule has 4 nitrogen and oxygen atoms in total. The summed E-state index contributed by atoms with van der Waals surface area (Å²) in [6.07, 6.45) is 0. The lowest BCUT2D eigenvalue weighted by Crippen LogP contribution is -2.31. The zero-order valence-corrected chi connectivity index (χ0v) is 15.8. The van der Waals surface area contributed by atoms with E-state index in [-0.39, 0.29) is 16.3 Å². The van der Waals surface area contributed by atoms with Crippen LogP contribution in [0.3, 0.4) is 0 Å². The topological polar surface area (TPSA) is 63.2 Å². The number of nitrogens with one attached hydrogen (secondary N) is 1. The van der Waals surface area contributed by atoms with E-state index in [1.54, 1.807) is 36.4 Å². The second-order valence-electron chi connectivity index (χ2n) is 5.50. The van der Waals surface area contributed by atoms with Gasteiger partial charge in [0, 0.05) is 10.0 Å². The maximum Gasteiger partial charge on any atom is 0.241 e. The first-order chi connectivity index (χ1) is 11.2. The van der Waals surface area contributed by atoms with Crippen LogP contribution in [0.25, 0.3) is 0 Å². The van der Waals surface area contributed by atoms with Gasteiger partial charge in [0.1, 0.15) is 0 Å². The number of carbonyl (C=O) groups excluding carboxylic acids is 1. The number of hydrogen-bond acceptors (Lipinski definition) is 3. The predicted octanol–water partition coefficient (Wildman–Crippen LogP) is 3.92. The molecule has 1 N–H and O–H groups in total. The summed E-state index contributed by atoms with van der Waals surface area (Å²) in [7, 11) is -3.79. The van der Waals surface area contributed by atoms with Crippen LogP contribution in [0.15, 0.2) is 70.1 Å². The Kier molecular flexibility index (Phi) is 5.74. The molecule has 0 unspecified atom stereocenters. The van der Waals surface area contributed by atoms with Crippen LogP contribution in [0.2, 0.25) is 0 Å². The van der Waals surface area contributed by atoms with E-state index in [9.17, 15) is 13.2 Å². The van der Waals surface area contributed by atoms with Crippen LogP contribution in [0.4, 0.5) is 0 Å². The van der Waals surface area contributed by atoms with Gasteiger partial charge in [-0.1, -0.05) is 52.3 Å². The molecule has 0 amide bonds. The lowest BCUT2D eigenvalue weighted by Gasteiger charge is -2.20. The van der Waals surface area contributed by atoms with E-state index in [1.807, 2.05) is 6.92 Å². The van der Waals surface area contributed by atoms with Crippen LogP contribution in [-0.2, 0) is 14.8 Å². The Morgan fingerprint density at radius 1 is 1.08 bits per heavy atom. The Labute approximate surface area is 150 Å². The van der Waals surface area contributed by atoms with Gasteiger partial charge in [-0.05, 0) is 43.7 Å². The number of hydrogen-bond donors (Lipinski definition) is 1. The van der Waals surface area contributed by atoms with E-state index in [0.717, 1.165) is 10.0 Å². The molecule has 1 atom stereocenters. The summed E-state index contributed by atoms with van der Waals surface area (Å²) in [6, 6.07) is 12.8. The van der Waals surface area contributed by atoms with Crippen LogP contribution in [0.1, 0.15) is 24.1 Å². The largest absolute Gasteiger partial charge is 0.295 e. The maximum atomic E-state index is 12.6. The van der Waals surface area contributed by atoms with Gasteiger partial charge in [-0.2, -0.15) is 4.72 Å². The summed E-state index contributed by atoms with van der Waals surface area (Å²) in [5.41, 5.74) is 1.80. The first-order valence-corrected chi connectivity index (χ1v) is 9.52. The van der Waals surface area contributed by atoms with E-state index >= 15 is 0 Å². The molecule has 0 heterocycles. The molecule has 0 bridgehead atoms. The van der Waals surface area contributed by atoms with Gasteiger partial charge in [-0.25, -0.2) is 8.42 Å². The lowest BCUT2D eigenvalue weighted by atomic mass is 9.98. The Morgan fingerprint density at radius 3 is 2.12 bits per heavy atom. The summed E-state index contributed by atoms with van der Waals surface area (Å²) in [6.45, 7) is 7.01. The van der Waals surface area contributed by atoms with Gasteiger partial charge < -0.3 is 0 Å². The zero-order chi connectivity index (χ0) is 17.9. The first-order valence-electron chi connectivity index (χ1n) is 7.25. The van der Waals surface area contributed by atoms with Crippen molar-refractivity contribution in [1.82, 2.24) is 4.72 Å². The van der Waals surface area contributed by atoms with Crippen molar-refractivity contribution in [3.63, 3.8) is 0 Å². The van der Waals surface area contributed by atoms with E-state index in [2.05, 4.69) is 27.2 Å². The highest BCUT2D eigenvalue weighted by Crippen LogP contribution is 2.25. The summed E-state index contributed by atoms with van der Waals surface area (Å²) in [4.78, 5) is 11.9. The van der Waals surface area contributed by atoms with Crippen molar-refractivity contribution in [2.75, 3.05) is 0 Å². The highest BCUT2D eigenvalue weighted by molar-refractivity contribution is 9.10. The quantitative estimate of drug-likeness (QED) is 0.737. The molecule has 0 aliphatic rings. The van der Waals surface area contributed by atoms with Gasteiger partial charge in [-0.3, -0.25) is 4.79 Å². The molecular weight excluding hydrogens is 390 g/mol. The third-order valence-electron chi connectivity index (χ3n) is 3.61. The van der Waals surface area contributed by atoms with Crippen molar-refractivity contribution >= 4 is 31.7 Å². The summed E-state index contributed by atoms with van der Waals surface area (Å²) in [5, 5.41) is 0. The third-order valence-corrected chi connectivity index (χ3v) is 5.58. The van der Waals surface area contributed by atoms with Gasteiger partial charge in [0.15, 0.2) is 5.78 Å². The third kappa shape index (κ3) is 4.41. The van der Waals surface area contributed by atoms with E-state index in [0.29, 0.717) is 5.56 Å². The Morgan fingerprint density at radius 2 is 1.62 bits per heavy atom. The summed E-state index contributed by atoms with van der Waals surface area (Å²) in [5.74, 6) is -0.269. The fourth-order valence-corrected chi connectivity index (χ4v) is 3.62. The maximum absolute atomic E-state index is 12.6. The first kappa shape index (κ1) is 18.6. The Bertz CT molecular complexity index is 856. The van der Waals surface area contributed by atoms with Crippen LogP contribution in [-0.4, -0.2) is 14.2 Å². The molecule has 2 aromatic rings. The smallest absolute Gasteiger partial charge is 0.241 e. The minimum Gasteiger partial charge on any atom is -0.295 e. The van der Waals surface area contributed by atoms with Crippen LogP contribution < -0.4 is 4.72 Å². The van der Waals surface area contributed by atoms with Crippen molar-refractivity contribution in [2.45, 2.75) is 24.8 Å². The summed E-state index contributed by atoms with van der Waals surface area (Å²) >= 11 is 3.34. The second-order valence-corrected chi connectivity index (χ2v) is 8.13. The fraction of sp³-hybridized carbons (Fsp3) is 0.167. The monoisotopic (exact) mass is 407 g/mol. The van der Waals surface area contributed by atoms with Gasteiger partial charge in [0.25, 0.3) is 0 Å². The molecule has 0 fully saturated rings.